The monoisotopic (exact) mass is 348 g/mol. The van der Waals surface area contributed by atoms with Gasteiger partial charge >= 0.3 is 0 Å². The molecule has 2 aliphatic rings. The van der Waals surface area contributed by atoms with E-state index in [9.17, 15) is 0 Å². The molecule has 2 heterocycles. The molecule has 136 valence electrons. The van der Waals surface area contributed by atoms with Gasteiger partial charge in [0.25, 0.3) is 0 Å². The summed E-state index contributed by atoms with van der Waals surface area (Å²) < 4.78 is 5.87. The highest BCUT2D eigenvalue weighted by Gasteiger charge is 2.34. The van der Waals surface area contributed by atoms with E-state index in [0.717, 1.165) is 37.2 Å². The highest BCUT2D eigenvalue weighted by atomic mass is 16.5. The highest BCUT2D eigenvalue weighted by molar-refractivity contribution is 5.54. The summed E-state index contributed by atoms with van der Waals surface area (Å²) >= 11 is 0. The highest BCUT2D eigenvalue weighted by Crippen LogP contribution is 2.45. The van der Waals surface area contributed by atoms with Gasteiger partial charge in [0.1, 0.15) is 5.75 Å². The molecule has 1 aliphatic heterocycles. The Hall–Kier alpha value is -2.13. The molecule has 2 aromatic rings. The fourth-order valence-electron chi connectivity index (χ4n) is 4.74. The second-order valence-electron chi connectivity index (χ2n) is 7.62. The first kappa shape index (κ1) is 17.3. The fraction of sp³-hybridized carbons (Fsp3) is 0.435. The van der Waals surface area contributed by atoms with Crippen LogP contribution in [0.4, 0.5) is 0 Å². The van der Waals surface area contributed by atoms with E-state index in [0.29, 0.717) is 11.8 Å². The third-order valence-electron chi connectivity index (χ3n) is 5.97. The Morgan fingerprint density at radius 1 is 1.15 bits per heavy atom. The number of aromatic nitrogens is 1. The number of methoxy groups -OCH3 is 1. The van der Waals surface area contributed by atoms with Gasteiger partial charge < -0.3 is 10.1 Å². The van der Waals surface area contributed by atoms with E-state index in [1.807, 2.05) is 12.3 Å². The van der Waals surface area contributed by atoms with Gasteiger partial charge in [-0.1, -0.05) is 18.7 Å². The maximum Gasteiger partial charge on any atom is 0.123 e. The Labute approximate surface area is 156 Å². The summed E-state index contributed by atoms with van der Waals surface area (Å²) in [7, 11) is 1.80. The van der Waals surface area contributed by atoms with Crippen molar-refractivity contribution < 1.29 is 4.74 Å². The van der Waals surface area contributed by atoms with Crippen molar-refractivity contribution in [2.75, 3.05) is 20.2 Å². The topological polar surface area (TPSA) is 34.1 Å². The van der Waals surface area contributed by atoms with Gasteiger partial charge in [0.05, 0.1) is 12.8 Å². The maximum absolute atomic E-state index is 5.87. The molecular formula is C23H28N2O. The number of aryl methyl sites for hydroxylation is 3. The number of piperidine rings is 1. The molecule has 1 saturated heterocycles. The third kappa shape index (κ3) is 3.05. The summed E-state index contributed by atoms with van der Waals surface area (Å²) in [5.41, 5.74) is 7.83. The molecule has 0 spiro atoms. The molecule has 1 aromatic heterocycles. The summed E-state index contributed by atoms with van der Waals surface area (Å²) in [5.74, 6) is 1.95. The van der Waals surface area contributed by atoms with Crippen molar-refractivity contribution in [3.05, 3.63) is 64.5 Å². The number of nitrogens with zero attached hydrogens (tertiary/aromatic N) is 1. The van der Waals surface area contributed by atoms with E-state index in [1.165, 1.54) is 40.8 Å². The summed E-state index contributed by atoms with van der Waals surface area (Å²) in [6.45, 7) is 8.26. The Morgan fingerprint density at radius 3 is 2.65 bits per heavy atom. The average Bonchev–Trinajstić information content (AvgIpc) is 2.84. The van der Waals surface area contributed by atoms with Crippen molar-refractivity contribution in [1.82, 2.24) is 10.3 Å². The molecular weight excluding hydrogens is 320 g/mol. The Bertz CT molecular complexity index is 821. The minimum absolute atomic E-state index is 0.319. The zero-order chi connectivity index (χ0) is 18.1. The van der Waals surface area contributed by atoms with E-state index in [4.69, 9.17) is 9.72 Å². The number of pyridine rings is 1. The second-order valence-corrected chi connectivity index (χ2v) is 7.62. The quantitative estimate of drug-likeness (QED) is 0.899. The average molecular weight is 348 g/mol. The van der Waals surface area contributed by atoms with Crippen LogP contribution in [0.25, 0.3) is 6.08 Å². The number of fused-ring (bicyclic) bond motifs is 2. The molecule has 1 aromatic carbocycles. The van der Waals surface area contributed by atoms with Crippen LogP contribution in [0.2, 0.25) is 0 Å². The third-order valence-corrected chi connectivity index (χ3v) is 5.97. The smallest absolute Gasteiger partial charge is 0.123 e. The second kappa shape index (κ2) is 7.24. The molecule has 0 bridgehead atoms. The van der Waals surface area contributed by atoms with Crippen LogP contribution in [0.3, 0.4) is 0 Å². The Balaban J connectivity index is 1.92. The predicted molar refractivity (Wildman–Crippen MR) is 107 cm³/mol. The Kier molecular flexibility index (Phi) is 4.82. The fourth-order valence-corrected chi connectivity index (χ4v) is 4.74. The number of hydrogen-bond donors (Lipinski definition) is 1. The minimum atomic E-state index is 0.319. The van der Waals surface area contributed by atoms with Crippen molar-refractivity contribution in [3.63, 3.8) is 0 Å². The lowest BCUT2D eigenvalue weighted by molar-refractivity contribution is 0.329. The summed E-state index contributed by atoms with van der Waals surface area (Å²) in [4.78, 5) is 4.96. The van der Waals surface area contributed by atoms with Crippen LogP contribution in [0.5, 0.6) is 5.75 Å². The Morgan fingerprint density at radius 2 is 1.92 bits per heavy atom. The minimum Gasteiger partial charge on any atom is -0.496 e. The van der Waals surface area contributed by atoms with Crippen LogP contribution in [0, 0.1) is 12.8 Å². The van der Waals surface area contributed by atoms with Crippen LogP contribution in [-0.2, 0) is 12.8 Å². The van der Waals surface area contributed by atoms with Crippen molar-refractivity contribution >= 4 is 6.08 Å². The number of benzene rings is 1. The van der Waals surface area contributed by atoms with E-state index in [-0.39, 0.29) is 0 Å². The molecule has 1 unspecified atom stereocenters. The first-order valence-electron chi connectivity index (χ1n) is 9.70. The number of rotatable bonds is 3. The van der Waals surface area contributed by atoms with Crippen molar-refractivity contribution in [1.29, 1.82) is 0 Å². The van der Waals surface area contributed by atoms with Crippen LogP contribution >= 0.6 is 0 Å². The van der Waals surface area contributed by atoms with E-state index in [1.54, 1.807) is 7.11 Å². The zero-order valence-corrected chi connectivity index (χ0v) is 15.8. The SMILES string of the molecule is C=Cc1cnc2c(c1)CCc1cc(C)cc(OC)c1C2C1CCNCC1. The standard InChI is InChI=1S/C23H28N2O/c1-4-16-13-19-6-5-18-11-15(2)12-20(26-3)21(18)22(23(19)25-14-16)17-7-9-24-10-8-17/h4,11-14,17,22,24H,1,5-10H2,2-3H3. The van der Waals surface area contributed by atoms with Gasteiger partial charge in [-0.15, -0.1) is 0 Å². The van der Waals surface area contributed by atoms with Crippen molar-refractivity contribution in [2.24, 2.45) is 5.92 Å². The molecule has 1 fully saturated rings. The van der Waals surface area contributed by atoms with Gasteiger partial charge in [0.2, 0.25) is 0 Å². The predicted octanol–water partition coefficient (Wildman–Crippen LogP) is 4.27. The van der Waals surface area contributed by atoms with E-state index in [2.05, 4.69) is 37.0 Å². The zero-order valence-electron chi connectivity index (χ0n) is 15.8. The lowest BCUT2D eigenvalue weighted by Gasteiger charge is -2.33. The van der Waals surface area contributed by atoms with Crippen LogP contribution in [0.1, 0.15) is 52.3 Å². The van der Waals surface area contributed by atoms with Gasteiger partial charge in [0, 0.05) is 17.7 Å². The largest absolute Gasteiger partial charge is 0.496 e. The molecule has 0 radical (unpaired) electrons. The van der Waals surface area contributed by atoms with Gasteiger partial charge in [-0.2, -0.15) is 0 Å². The molecule has 1 N–H and O–H groups in total. The first-order valence-corrected chi connectivity index (χ1v) is 9.70. The molecule has 0 amide bonds. The molecule has 4 rings (SSSR count). The molecule has 3 nitrogen and oxygen atoms in total. The molecule has 3 heteroatoms. The van der Waals surface area contributed by atoms with E-state index >= 15 is 0 Å². The molecule has 26 heavy (non-hydrogen) atoms. The van der Waals surface area contributed by atoms with Gasteiger partial charge in [0.15, 0.2) is 0 Å². The molecule has 1 aliphatic carbocycles. The molecule has 0 saturated carbocycles. The van der Waals surface area contributed by atoms with Gasteiger partial charge in [-0.3, -0.25) is 4.98 Å². The van der Waals surface area contributed by atoms with Gasteiger partial charge in [-0.05, 0) is 86.0 Å². The normalized spacial score (nSPS) is 20.0. The summed E-state index contributed by atoms with van der Waals surface area (Å²) in [6, 6.07) is 6.83. The lowest BCUT2D eigenvalue weighted by Crippen LogP contribution is -2.32. The van der Waals surface area contributed by atoms with Crippen LogP contribution in [-0.4, -0.2) is 25.2 Å². The summed E-state index contributed by atoms with van der Waals surface area (Å²) in [6.07, 6.45) is 8.33. The number of ether oxygens (including phenoxy) is 1. The first-order chi connectivity index (χ1) is 12.7. The molecule has 1 atom stereocenters. The van der Waals surface area contributed by atoms with Gasteiger partial charge in [-0.25, -0.2) is 0 Å². The number of nitrogens with one attached hydrogen (secondary N) is 1. The van der Waals surface area contributed by atoms with Crippen molar-refractivity contribution in [3.8, 4) is 5.75 Å². The lowest BCUT2D eigenvalue weighted by atomic mass is 9.76. The maximum atomic E-state index is 5.87. The number of hydrogen-bond acceptors (Lipinski definition) is 3. The summed E-state index contributed by atoms with van der Waals surface area (Å²) in [5, 5.41) is 3.51. The van der Waals surface area contributed by atoms with Crippen molar-refractivity contribution in [2.45, 2.75) is 38.5 Å². The van der Waals surface area contributed by atoms with E-state index < -0.39 is 0 Å². The van der Waals surface area contributed by atoms with Crippen LogP contribution < -0.4 is 10.1 Å². The van der Waals surface area contributed by atoms with Crippen LogP contribution in [0.15, 0.2) is 31.0 Å².